The fourth-order valence-electron chi connectivity index (χ4n) is 1.94. The van der Waals surface area contributed by atoms with Crippen LogP contribution < -0.4 is 0 Å². The first-order chi connectivity index (χ1) is 8.11. The van der Waals surface area contributed by atoms with Crippen LogP contribution >= 0.6 is 0 Å². The molecule has 0 radical (unpaired) electrons. The van der Waals surface area contributed by atoms with Gasteiger partial charge in [-0.25, -0.2) is 0 Å². The molecule has 17 heavy (non-hydrogen) atoms. The van der Waals surface area contributed by atoms with E-state index >= 15 is 0 Å². The van der Waals surface area contributed by atoms with E-state index in [9.17, 15) is 0 Å². The average Bonchev–Trinajstić information content (AvgIpc) is 2.72. The topological polar surface area (TPSA) is 38.0 Å². The molecule has 90 valence electrons. The summed E-state index contributed by atoms with van der Waals surface area (Å²) >= 11 is 0. The highest BCUT2D eigenvalue weighted by Crippen LogP contribution is 2.28. The summed E-state index contributed by atoms with van der Waals surface area (Å²) in [6.45, 7) is 4.38. The highest BCUT2D eigenvalue weighted by Gasteiger charge is 2.12. The van der Waals surface area contributed by atoms with Crippen LogP contribution in [-0.2, 0) is 13.7 Å². The molecule has 1 aromatic heterocycles. The van der Waals surface area contributed by atoms with Gasteiger partial charge in [-0.15, -0.1) is 0 Å². The van der Waals surface area contributed by atoms with Crippen molar-refractivity contribution in [3.8, 4) is 11.1 Å². The van der Waals surface area contributed by atoms with E-state index in [4.69, 9.17) is 5.11 Å². The van der Waals surface area contributed by atoms with E-state index in [1.165, 1.54) is 5.56 Å². The Kier molecular flexibility index (Phi) is 3.29. The smallest absolute Gasteiger partial charge is 0.0728 e. The summed E-state index contributed by atoms with van der Waals surface area (Å²) in [5, 5.41) is 13.5. The number of nitrogens with zero attached hydrogens (tertiary/aromatic N) is 2. The Morgan fingerprint density at radius 3 is 2.41 bits per heavy atom. The summed E-state index contributed by atoms with van der Waals surface area (Å²) in [5.41, 5.74) is 4.37. The molecular weight excluding hydrogens is 212 g/mol. The normalized spacial score (nSPS) is 11.1. The first-order valence-corrected chi connectivity index (χ1v) is 5.85. The lowest BCUT2D eigenvalue weighted by Crippen LogP contribution is -1.93. The Hall–Kier alpha value is -1.61. The predicted octanol–water partition coefficient (Wildman–Crippen LogP) is 2.70. The number of hydrogen-bond acceptors (Lipinski definition) is 2. The number of rotatable bonds is 3. The first-order valence-electron chi connectivity index (χ1n) is 5.85. The molecule has 0 spiro atoms. The van der Waals surface area contributed by atoms with E-state index in [2.05, 4.69) is 18.9 Å². The van der Waals surface area contributed by atoms with Gasteiger partial charge in [0.1, 0.15) is 0 Å². The van der Waals surface area contributed by atoms with Crippen molar-refractivity contribution in [1.82, 2.24) is 9.78 Å². The molecule has 2 rings (SSSR count). The predicted molar refractivity (Wildman–Crippen MR) is 68.7 cm³/mol. The van der Waals surface area contributed by atoms with Gasteiger partial charge in [-0.05, 0) is 17.0 Å². The van der Waals surface area contributed by atoms with Gasteiger partial charge < -0.3 is 5.11 Å². The molecule has 1 heterocycles. The van der Waals surface area contributed by atoms with Gasteiger partial charge in [-0.3, -0.25) is 4.68 Å². The number of aromatic nitrogens is 2. The fraction of sp³-hybridized carbons (Fsp3) is 0.357. The van der Waals surface area contributed by atoms with Crippen molar-refractivity contribution in [2.45, 2.75) is 26.4 Å². The molecule has 1 aromatic carbocycles. The quantitative estimate of drug-likeness (QED) is 0.880. The van der Waals surface area contributed by atoms with Crippen LogP contribution in [0.2, 0.25) is 0 Å². The van der Waals surface area contributed by atoms with Gasteiger partial charge >= 0.3 is 0 Å². The largest absolute Gasteiger partial charge is 0.392 e. The first kappa shape index (κ1) is 11.9. The maximum atomic E-state index is 9.03. The molecule has 0 aliphatic carbocycles. The second-order valence-corrected chi connectivity index (χ2v) is 4.61. The molecule has 0 unspecified atom stereocenters. The molecule has 0 aliphatic heterocycles. The second-order valence-electron chi connectivity index (χ2n) is 4.61. The van der Waals surface area contributed by atoms with Crippen LogP contribution in [-0.4, -0.2) is 14.9 Å². The van der Waals surface area contributed by atoms with Crippen LogP contribution in [0.1, 0.15) is 31.0 Å². The van der Waals surface area contributed by atoms with Gasteiger partial charge in [0.15, 0.2) is 0 Å². The standard InChI is InChI=1S/C14H18N2O/c1-10(2)14-13(8-16(3)15-14)12-6-4-11(9-17)5-7-12/h4-8,10,17H,9H2,1-3H3. The van der Waals surface area contributed by atoms with E-state index < -0.39 is 0 Å². The van der Waals surface area contributed by atoms with Crippen LogP contribution in [0.5, 0.6) is 0 Å². The molecular formula is C14H18N2O. The molecule has 3 heteroatoms. The number of aliphatic hydroxyl groups excluding tert-OH is 1. The third kappa shape index (κ3) is 2.39. The Morgan fingerprint density at radius 2 is 1.88 bits per heavy atom. The van der Waals surface area contributed by atoms with Crippen molar-refractivity contribution < 1.29 is 5.11 Å². The second kappa shape index (κ2) is 4.72. The molecule has 0 saturated carbocycles. The van der Waals surface area contributed by atoms with Crippen molar-refractivity contribution >= 4 is 0 Å². The van der Waals surface area contributed by atoms with Crippen LogP contribution in [0.4, 0.5) is 0 Å². The Bertz CT molecular complexity index is 497. The third-order valence-corrected chi connectivity index (χ3v) is 2.85. The third-order valence-electron chi connectivity index (χ3n) is 2.85. The summed E-state index contributed by atoms with van der Waals surface area (Å²) in [6.07, 6.45) is 2.04. The monoisotopic (exact) mass is 230 g/mol. The molecule has 0 saturated heterocycles. The van der Waals surface area contributed by atoms with Crippen molar-refractivity contribution in [2.75, 3.05) is 0 Å². The van der Waals surface area contributed by atoms with Gasteiger partial charge in [0, 0.05) is 18.8 Å². The molecule has 1 N–H and O–H groups in total. The number of hydrogen-bond donors (Lipinski definition) is 1. The molecule has 2 aromatic rings. The van der Waals surface area contributed by atoms with Crippen LogP contribution in [0, 0.1) is 0 Å². The Balaban J connectivity index is 2.44. The number of aliphatic hydroxyl groups is 1. The maximum Gasteiger partial charge on any atom is 0.0728 e. The molecule has 0 atom stereocenters. The van der Waals surface area contributed by atoms with Crippen molar-refractivity contribution in [3.63, 3.8) is 0 Å². The maximum absolute atomic E-state index is 9.03. The van der Waals surface area contributed by atoms with Gasteiger partial charge in [-0.1, -0.05) is 38.1 Å². The highest BCUT2D eigenvalue weighted by molar-refractivity contribution is 5.66. The number of benzene rings is 1. The van der Waals surface area contributed by atoms with E-state index in [1.807, 2.05) is 42.2 Å². The Morgan fingerprint density at radius 1 is 1.24 bits per heavy atom. The lowest BCUT2D eigenvalue weighted by molar-refractivity contribution is 0.282. The summed E-state index contributed by atoms with van der Waals surface area (Å²) in [6, 6.07) is 7.97. The van der Waals surface area contributed by atoms with E-state index in [1.54, 1.807) is 0 Å². The zero-order valence-electron chi connectivity index (χ0n) is 10.5. The summed E-state index contributed by atoms with van der Waals surface area (Å²) in [5.74, 6) is 0.406. The zero-order chi connectivity index (χ0) is 12.4. The minimum Gasteiger partial charge on any atom is -0.392 e. The molecule has 0 amide bonds. The minimum absolute atomic E-state index is 0.0877. The molecule has 0 bridgehead atoms. The van der Waals surface area contributed by atoms with Gasteiger partial charge in [-0.2, -0.15) is 5.10 Å². The van der Waals surface area contributed by atoms with Crippen LogP contribution in [0.25, 0.3) is 11.1 Å². The number of aryl methyl sites for hydroxylation is 1. The fourth-order valence-corrected chi connectivity index (χ4v) is 1.94. The van der Waals surface area contributed by atoms with Gasteiger partial charge in [0.05, 0.1) is 12.3 Å². The summed E-state index contributed by atoms with van der Waals surface area (Å²) < 4.78 is 1.85. The highest BCUT2D eigenvalue weighted by atomic mass is 16.3. The SMILES string of the molecule is CC(C)c1nn(C)cc1-c1ccc(CO)cc1. The Labute approximate surface area is 102 Å². The minimum atomic E-state index is 0.0877. The molecule has 0 fully saturated rings. The van der Waals surface area contributed by atoms with E-state index in [0.29, 0.717) is 5.92 Å². The molecule has 0 aliphatic rings. The lowest BCUT2D eigenvalue weighted by Gasteiger charge is -2.05. The van der Waals surface area contributed by atoms with Crippen LogP contribution in [0.15, 0.2) is 30.5 Å². The van der Waals surface area contributed by atoms with E-state index in [-0.39, 0.29) is 6.61 Å². The van der Waals surface area contributed by atoms with Crippen molar-refractivity contribution in [2.24, 2.45) is 7.05 Å². The van der Waals surface area contributed by atoms with E-state index in [0.717, 1.165) is 16.8 Å². The van der Waals surface area contributed by atoms with Crippen LogP contribution in [0.3, 0.4) is 0 Å². The van der Waals surface area contributed by atoms with Crippen molar-refractivity contribution in [1.29, 1.82) is 0 Å². The van der Waals surface area contributed by atoms with Crippen molar-refractivity contribution in [3.05, 3.63) is 41.7 Å². The van der Waals surface area contributed by atoms with Gasteiger partial charge in [0.25, 0.3) is 0 Å². The summed E-state index contributed by atoms with van der Waals surface area (Å²) in [4.78, 5) is 0. The zero-order valence-corrected chi connectivity index (χ0v) is 10.5. The lowest BCUT2D eigenvalue weighted by atomic mass is 9.99. The van der Waals surface area contributed by atoms with Gasteiger partial charge in [0.2, 0.25) is 0 Å². The molecule has 3 nitrogen and oxygen atoms in total. The average molecular weight is 230 g/mol. The summed E-state index contributed by atoms with van der Waals surface area (Å²) in [7, 11) is 1.94.